The SMILES string of the molecule is Cc1ccc(F)cc1C(=O)Nc1cc(C(=O)O)ccc1Br. The largest absolute Gasteiger partial charge is 0.478 e. The second-order valence-corrected chi connectivity index (χ2v) is 5.27. The van der Waals surface area contributed by atoms with Crippen molar-refractivity contribution in [3.8, 4) is 0 Å². The van der Waals surface area contributed by atoms with Crippen LogP contribution in [0.25, 0.3) is 0 Å². The Hall–Kier alpha value is -2.21. The molecular formula is C15H11BrFNO3. The van der Waals surface area contributed by atoms with E-state index < -0.39 is 17.7 Å². The Morgan fingerprint density at radius 2 is 1.90 bits per heavy atom. The number of hydrogen-bond acceptors (Lipinski definition) is 2. The summed E-state index contributed by atoms with van der Waals surface area (Å²) in [6.45, 7) is 1.69. The molecular weight excluding hydrogens is 341 g/mol. The van der Waals surface area contributed by atoms with Gasteiger partial charge in [0.25, 0.3) is 5.91 Å². The number of rotatable bonds is 3. The van der Waals surface area contributed by atoms with Gasteiger partial charge in [-0.2, -0.15) is 0 Å². The number of aromatic carboxylic acids is 1. The molecule has 2 aromatic rings. The molecule has 0 atom stereocenters. The summed E-state index contributed by atoms with van der Waals surface area (Å²) < 4.78 is 13.8. The number of benzene rings is 2. The smallest absolute Gasteiger partial charge is 0.335 e. The zero-order valence-corrected chi connectivity index (χ0v) is 12.6. The minimum atomic E-state index is -1.10. The summed E-state index contributed by atoms with van der Waals surface area (Å²) in [6.07, 6.45) is 0. The molecule has 0 aliphatic rings. The summed E-state index contributed by atoms with van der Waals surface area (Å²) in [4.78, 5) is 23.1. The van der Waals surface area contributed by atoms with Crippen molar-refractivity contribution in [1.82, 2.24) is 0 Å². The molecule has 4 nitrogen and oxygen atoms in total. The van der Waals surface area contributed by atoms with Gasteiger partial charge < -0.3 is 10.4 Å². The first kappa shape index (κ1) is 15.2. The predicted octanol–water partition coefficient (Wildman–Crippen LogP) is 3.85. The van der Waals surface area contributed by atoms with Crippen molar-refractivity contribution in [2.75, 3.05) is 5.32 Å². The highest BCUT2D eigenvalue weighted by molar-refractivity contribution is 9.10. The van der Waals surface area contributed by atoms with Gasteiger partial charge in [-0.05, 0) is 58.7 Å². The first-order valence-corrected chi connectivity index (χ1v) is 6.78. The standard InChI is InChI=1S/C15H11BrFNO3/c1-8-2-4-10(17)7-11(8)14(19)18-13-6-9(15(20)21)3-5-12(13)16/h2-7H,1H3,(H,18,19)(H,20,21). The predicted molar refractivity (Wildman–Crippen MR) is 80.2 cm³/mol. The Balaban J connectivity index is 2.33. The Morgan fingerprint density at radius 3 is 2.57 bits per heavy atom. The van der Waals surface area contributed by atoms with Crippen LogP contribution < -0.4 is 5.32 Å². The van der Waals surface area contributed by atoms with E-state index in [1.807, 2.05) is 0 Å². The molecule has 2 aromatic carbocycles. The van der Waals surface area contributed by atoms with Crippen LogP contribution in [0.15, 0.2) is 40.9 Å². The number of hydrogen-bond donors (Lipinski definition) is 2. The molecule has 0 radical (unpaired) electrons. The van der Waals surface area contributed by atoms with E-state index in [2.05, 4.69) is 21.2 Å². The summed E-state index contributed by atoms with van der Waals surface area (Å²) in [5.41, 5.74) is 1.18. The van der Waals surface area contributed by atoms with Crippen LogP contribution in [0.2, 0.25) is 0 Å². The summed E-state index contributed by atoms with van der Waals surface area (Å²) in [6, 6.07) is 8.19. The molecule has 108 valence electrons. The molecule has 0 heterocycles. The molecule has 0 aliphatic heterocycles. The monoisotopic (exact) mass is 351 g/mol. The molecule has 2 N–H and O–H groups in total. The fraction of sp³-hybridized carbons (Fsp3) is 0.0667. The Bertz CT molecular complexity index is 731. The molecule has 0 saturated heterocycles. The molecule has 0 aromatic heterocycles. The van der Waals surface area contributed by atoms with Crippen LogP contribution >= 0.6 is 15.9 Å². The second-order valence-electron chi connectivity index (χ2n) is 4.41. The fourth-order valence-electron chi connectivity index (χ4n) is 1.78. The lowest BCUT2D eigenvalue weighted by atomic mass is 10.1. The van der Waals surface area contributed by atoms with Crippen LogP contribution in [0, 0.1) is 12.7 Å². The van der Waals surface area contributed by atoms with Gasteiger partial charge in [-0.3, -0.25) is 4.79 Å². The summed E-state index contributed by atoms with van der Waals surface area (Å²) in [5.74, 6) is -2.11. The lowest BCUT2D eigenvalue weighted by Gasteiger charge is -2.10. The van der Waals surface area contributed by atoms with Crippen molar-refractivity contribution in [3.63, 3.8) is 0 Å². The number of anilines is 1. The molecule has 6 heteroatoms. The first-order chi connectivity index (χ1) is 9.88. The van der Waals surface area contributed by atoms with Crippen molar-refractivity contribution >= 4 is 33.5 Å². The third kappa shape index (κ3) is 3.46. The zero-order chi connectivity index (χ0) is 15.6. The summed E-state index contributed by atoms with van der Waals surface area (Å²) in [7, 11) is 0. The molecule has 21 heavy (non-hydrogen) atoms. The van der Waals surface area contributed by atoms with Crippen molar-refractivity contribution in [1.29, 1.82) is 0 Å². The lowest BCUT2D eigenvalue weighted by molar-refractivity contribution is 0.0696. The van der Waals surface area contributed by atoms with Gasteiger partial charge in [0, 0.05) is 10.0 Å². The minimum absolute atomic E-state index is 0.0458. The van der Waals surface area contributed by atoms with Gasteiger partial charge in [0.1, 0.15) is 5.82 Å². The van der Waals surface area contributed by atoms with Gasteiger partial charge in [-0.1, -0.05) is 6.07 Å². The molecule has 0 aliphatic carbocycles. The number of carbonyl (C=O) groups is 2. The molecule has 0 unspecified atom stereocenters. The van der Waals surface area contributed by atoms with E-state index in [9.17, 15) is 14.0 Å². The topological polar surface area (TPSA) is 66.4 Å². The fourth-order valence-corrected chi connectivity index (χ4v) is 2.13. The molecule has 0 fully saturated rings. The molecule has 1 amide bonds. The van der Waals surface area contributed by atoms with E-state index in [0.29, 0.717) is 15.7 Å². The lowest BCUT2D eigenvalue weighted by Crippen LogP contribution is -2.14. The van der Waals surface area contributed by atoms with Crippen LogP contribution in [-0.2, 0) is 0 Å². The van der Waals surface area contributed by atoms with Gasteiger partial charge in [-0.25, -0.2) is 9.18 Å². The maximum Gasteiger partial charge on any atom is 0.335 e. The average Bonchev–Trinajstić information content (AvgIpc) is 2.43. The zero-order valence-electron chi connectivity index (χ0n) is 11.0. The van der Waals surface area contributed by atoms with Gasteiger partial charge >= 0.3 is 5.97 Å². The number of amides is 1. The normalized spacial score (nSPS) is 10.2. The average molecular weight is 352 g/mol. The number of nitrogens with one attached hydrogen (secondary N) is 1. The quantitative estimate of drug-likeness (QED) is 0.882. The van der Waals surface area contributed by atoms with Crippen LogP contribution in [0.5, 0.6) is 0 Å². The number of carbonyl (C=O) groups excluding carboxylic acids is 1. The molecule has 0 saturated carbocycles. The van der Waals surface area contributed by atoms with Crippen molar-refractivity contribution in [2.24, 2.45) is 0 Å². The van der Waals surface area contributed by atoms with Gasteiger partial charge in [-0.15, -0.1) is 0 Å². The maximum absolute atomic E-state index is 13.2. The van der Waals surface area contributed by atoms with E-state index >= 15 is 0 Å². The van der Waals surface area contributed by atoms with Crippen molar-refractivity contribution in [2.45, 2.75) is 6.92 Å². The van der Waals surface area contributed by atoms with E-state index in [1.165, 1.54) is 30.3 Å². The minimum Gasteiger partial charge on any atom is -0.478 e. The highest BCUT2D eigenvalue weighted by Crippen LogP contribution is 2.25. The molecule has 2 rings (SSSR count). The van der Waals surface area contributed by atoms with Crippen LogP contribution in [0.1, 0.15) is 26.3 Å². The molecule has 0 bridgehead atoms. The van der Waals surface area contributed by atoms with E-state index in [1.54, 1.807) is 6.92 Å². The summed E-state index contributed by atoms with van der Waals surface area (Å²) in [5, 5.41) is 11.5. The van der Waals surface area contributed by atoms with Crippen LogP contribution in [0.3, 0.4) is 0 Å². The van der Waals surface area contributed by atoms with Crippen molar-refractivity contribution < 1.29 is 19.1 Å². The van der Waals surface area contributed by atoms with E-state index in [-0.39, 0.29) is 11.1 Å². The van der Waals surface area contributed by atoms with Gasteiger partial charge in [0.15, 0.2) is 0 Å². The first-order valence-electron chi connectivity index (χ1n) is 5.99. The van der Waals surface area contributed by atoms with Crippen molar-refractivity contribution in [3.05, 3.63) is 63.4 Å². The highest BCUT2D eigenvalue weighted by atomic mass is 79.9. The van der Waals surface area contributed by atoms with Crippen LogP contribution in [-0.4, -0.2) is 17.0 Å². The summed E-state index contributed by atoms with van der Waals surface area (Å²) >= 11 is 3.23. The second kappa shape index (κ2) is 6.05. The van der Waals surface area contributed by atoms with E-state index in [0.717, 1.165) is 6.07 Å². The Kier molecular flexibility index (Phi) is 4.37. The highest BCUT2D eigenvalue weighted by Gasteiger charge is 2.13. The van der Waals surface area contributed by atoms with E-state index in [4.69, 9.17) is 5.11 Å². The maximum atomic E-state index is 13.2. The third-order valence-electron chi connectivity index (χ3n) is 2.91. The molecule has 0 spiro atoms. The number of carboxylic acid groups (broad SMARTS) is 1. The number of carboxylic acids is 1. The number of halogens is 2. The number of aryl methyl sites for hydroxylation is 1. The van der Waals surface area contributed by atoms with Gasteiger partial charge in [0.2, 0.25) is 0 Å². The Labute approximate surface area is 128 Å². The third-order valence-corrected chi connectivity index (χ3v) is 3.60. The van der Waals surface area contributed by atoms with Gasteiger partial charge in [0.05, 0.1) is 11.3 Å². The van der Waals surface area contributed by atoms with Crippen LogP contribution in [0.4, 0.5) is 10.1 Å². The Morgan fingerprint density at radius 1 is 1.19 bits per heavy atom.